The monoisotopic (exact) mass is 344 g/mol. The van der Waals surface area contributed by atoms with Gasteiger partial charge in [0.05, 0.1) is 12.3 Å². The topological polar surface area (TPSA) is 62.7 Å². The Morgan fingerprint density at radius 3 is 2.83 bits per heavy atom. The Kier molecular flexibility index (Phi) is 4.78. The van der Waals surface area contributed by atoms with E-state index in [0.29, 0.717) is 22.9 Å². The van der Waals surface area contributed by atoms with Gasteiger partial charge in [0, 0.05) is 11.9 Å². The largest absolute Gasteiger partial charge is 0.348 e. The van der Waals surface area contributed by atoms with Crippen molar-refractivity contribution in [2.24, 2.45) is 7.05 Å². The first-order valence-electron chi connectivity index (χ1n) is 7.12. The van der Waals surface area contributed by atoms with Crippen LogP contribution in [0, 0.1) is 4.77 Å². The van der Waals surface area contributed by atoms with Crippen molar-refractivity contribution in [1.82, 2.24) is 20.1 Å². The summed E-state index contributed by atoms with van der Waals surface area (Å²) in [6.07, 6.45) is 0. The Balaban J connectivity index is 1.55. The third-order valence-corrected chi connectivity index (χ3v) is 4.87. The molecule has 0 saturated heterocycles. The first-order valence-corrected chi connectivity index (χ1v) is 8.51. The Bertz CT molecular complexity index is 900. The van der Waals surface area contributed by atoms with Crippen LogP contribution in [0.5, 0.6) is 0 Å². The molecule has 0 bridgehead atoms. The van der Waals surface area contributed by atoms with Crippen LogP contribution in [0.1, 0.15) is 5.82 Å². The van der Waals surface area contributed by atoms with Gasteiger partial charge in [-0.2, -0.15) is 5.10 Å². The van der Waals surface area contributed by atoms with Gasteiger partial charge in [-0.05, 0) is 35.1 Å². The van der Waals surface area contributed by atoms with Gasteiger partial charge in [-0.1, -0.05) is 30.3 Å². The molecule has 2 aromatic carbocycles. The molecule has 0 atom stereocenters. The lowest BCUT2D eigenvalue weighted by Crippen LogP contribution is -2.26. The number of carbonyl (C=O) groups excluding carboxylic acids is 1. The maximum atomic E-state index is 12.0. The Labute approximate surface area is 143 Å². The summed E-state index contributed by atoms with van der Waals surface area (Å²) in [5.41, 5.74) is 0. The second-order valence-electron chi connectivity index (χ2n) is 5.08. The summed E-state index contributed by atoms with van der Waals surface area (Å²) in [6, 6.07) is 14.4. The molecule has 3 aromatic rings. The number of H-pyrrole nitrogens is 1. The number of hydrogen-bond acceptors (Lipinski definition) is 4. The normalized spacial score (nSPS) is 10.8. The molecule has 5 nitrogen and oxygen atoms in total. The predicted molar refractivity (Wildman–Crippen MR) is 94.9 cm³/mol. The fraction of sp³-hybridized carbons (Fsp3) is 0.188. The van der Waals surface area contributed by atoms with Crippen molar-refractivity contribution < 1.29 is 4.79 Å². The molecule has 0 unspecified atom stereocenters. The number of nitrogens with one attached hydrogen (secondary N) is 2. The highest BCUT2D eigenvalue weighted by molar-refractivity contribution is 8.00. The lowest BCUT2D eigenvalue weighted by Gasteiger charge is -2.06. The van der Waals surface area contributed by atoms with Crippen molar-refractivity contribution in [3.05, 3.63) is 53.1 Å². The van der Waals surface area contributed by atoms with Gasteiger partial charge in [0.1, 0.15) is 0 Å². The number of thioether (sulfide) groups is 1. The summed E-state index contributed by atoms with van der Waals surface area (Å²) < 4.78 is 2.28. The van der Waals surface area contributed by atoms with Gasteiger partial charge < -0.3 is 9.88 Å². The summed E-state index contributed by atoms with van der Waals surface area (Å²) >= 11 is 6.56. The maximum absolute atomic E-state index is 12.0. The standard InChI is InChI=1S/C16H16N4OS2/c1-20-14(18-19-16(20)22)9-17-15(21)10-23-13-7-6-11-4-2-3-5-12(11)8-13/h2-8H,9-10H2,1H3,(H,17,21)(H,19,22). The summed E-state index contributed by atoms with van der Waals surface area (Å²) in [5.74, 6) is 1.05. The molecule has 3 rings (SSSR count). The van der Waals surface area contributed by atoms with Crippen LogP contribution in [0.4, 0.5) is 0 Å². The van der Waals surface area contributed by atoms with Gasteiger partial charge in [0.25, 0.3) is 0 Å². The molecule has 0 aliphatic heterocycles. The molecule has 0 radical (unpaired) electrons. The number of hydrogen-bond donors (Lipinski definition) is 2. The molecule has 23 heavy (non-hydrogen) atoms. The average molecular weight is 344 g/mol. The van der Waals surface area contributed by atoms with Gasteiger partial charge in [-0.25, -0.2) is 0 Å². The van der Waals surface area contributed by atoms with E-state index in [-0.39, 0.29) is 5.91 Å². The fourth-order valence-corrected chi connectivity index (χ4v) is 3.10. The molecule has 118 valence electrons. The SMILES string of the molecule is Cn1c(CNC(=O)CSc2ccc3ccccc3c2)n[nH]c1=S. The van der Waals surface area contributed by atoms with Crippen molar-refractivity contribution in [3.8, 4) is 0 Å². The van der Waals surface area contributed by atoms with Crippen molar-refractivity contribution in [2.45, 2.75) is 11.4 Å². The van der Waals surface area contributed by atoms with Crippen molar-refractivity contribution in [3.63, 3.8) is 0 Å². The minimum absolute atomic E-state index is 0.0305. The van der Waals surface area contributed by atoms with E-state index in [9.17, 15) is 4.79 Å². The molecule has 0 aliphatic rings. The van der Waals surface area contributed by atoms with E-state index in [1.165, 1.54) is 22.5 Å². The van der Waals surface area contributed by atoms with E-state index in [4.69, 9.17) is 12.2 Å². The van der Waals surface area contributed by atoms with Gasteiger partial charge in [-0.3, -0.25) is 9.89 Å². The summed E-state index contributed by atoms with van der Waals surface area (Å²) in [5, 5.41) is 12.0. The number of aromatic amines is 1. The fourth-order valence-electron chi connectivity index (χ4n) is 2.17. The van der Waals surface area contributed by atoms with Crippen LogP contribution >= 0.6 is 24.0 Å². The van der Waals surface area contributed by atoms with E-state index >= 15 is 0 Å². The zero-order valence-electron chi connectivity index (χ0n) is 12.6. The molecular formula is C16H16N4OS2. The molecular weight excluding hydrogens is 328 g/mol. The third kappa shape index (κ3) is 3.80. The van der Waals surface area contributed by atoms with Gasteiger partial charge >= 0.3 is 0 Å². The van der Waals surface area contributed by atoms with E-state index in [2.05, 4.69) is 39.8 Å². The quantitative estimate of drug-likeness (QED) is 0.552. The van der Waals surface area contributed by atoms with E-state index in [1.54, 1.807) is 4.57 Å². The van der Waals surface area contributed by atoms with E-state index in [0.717, 1.165) is 4.90 Å². The summed E-state index contributed by atoms with van der Waals surface area (Å²) in [7, 11) is 1.82. The Morgan fingerprint density at radius 2 is 2.09 bits per heavy atom. The highest BCUT2D eigenvalue weighted by Gasteiger charge is 2.06. The minimum Gasteiger partial charge on any atom is -0.348 e. The van der Waals surface area contributed by atoms with Crippen LogP contribution in [0.25, 0.3) is 10.8 Å². The van der Waals surface area contributed by atoms with Crippen LogP contribution in [-0.2, 0) is 18.4 Å². The van der Waals surface area contributed by atoms with Gasteiger partial charge in [0.2, 0.25) is 5.91 Å². The lowest BCUT2D eigenvalue weighted by atomic mass is 10.1. The van der Waals surface area contributed by atoms with Gasteiger partial charge in [0.15, 0.2) is 10.6 Å². The van der Waals surface area contributed by atoms with Crippen LogP contribution in [-0.4, -0.2) is 26.4 Å². The molecule has 0 spiro atoms. The molecule has 2 N–H and O–H groups in total. The third-order valence-electron chi connectivity index (χ3n) is 3.51. The average Bonchev–Trinajstić information content (AvgIpc) is 2.89. The van der Waals surface area contributed by atoms with Crippen molar-refractivity contribution in [2.75, 3.05) is 5.75 Å². The highest BCUT2D eigenvalue weighted by Crippen LogP contribution is 2.23. The lowest BCUT2D eigenvalue weighted by molar-refractivity contribution is -0.118. The molecule has 0 saturated carbocycles. The molecule has 1 heterocycles. The highest BCUT2D eigenvalue weighted by atomic mass is 32.2. The molecule has 1 aromatic heterocycles. The minimum atomic E-state index is -0.0305. The van der Waals surface area contributed by atoms with Gasteiger partial charge in [-0.15, -0.1) is 11.8 Å². The maximum Gasteiger partial charge on any atom is 0.230 e. The zero-order chi connectivity index (χ0) is 16.2. The number of rotatable bonds is 5. The number of fused-ring (bicyclic) bond motifs is 1. The molecule has 0 fully saturated rings. The van der Waals surface area contributed by atoms with Crippen LogP contribution < -0.4 is 5.32 Å². The van der Waals surface area contributed by atoms with Crippen molar-refractivity contribution >= 4 is 40.7 Å². The second kappa shape index (κ2) is 6.97. The number of nitrogens with zero attached hydrogens (tertiary/aromatic N) is 2. The van der Waals surface area contributed by atoms with Crippen LogP contribution in [0.15, 0.2) is 47.4 Å². The molecule has 0 aliphatic carbocycles. The van der Waals surface area contributed by atoms with Crippen LogP contribution in [0.2, 0.25) is 0 Å². The number of carbonyl (C=O) groups is 1. The second-order valence-corrected chi connectivity index (χ2v) is 6.51. The number of benzene rings is 2. The van der Waals surface area contributed by atoms with Crippen LogP contribution in [0.3, 0.4) is 0 Å². The predicted octanol–water partition coefficient (Wildman–Crippen LogP) is 3.04. The Morgan fingerprint density at radius 1 is 1.30 bits per heavy atom. The first kappa shape index (κ1) is 15.8. The summed E-state index contributed by atoms with van der Waals surface area (Å²) in [4.78, 5) is 13.0. The molecule has 7 heteroatoms. The zero-order valence-corrected chi connectivity index (χ0v) is 14.2. The van der Waals surface area contributed by atoms with E-state index < -0.39 is 0 Å². The Hall–Kier alpha value is -2.12. The first-order chi connectivity index (χ1) is 11.1. The number of aromatic nitrogens is 3. The summed E-state index contributed by atoms with van der Waals surface area (Å²) in [6.45, 7) is 0.362. The molecule has 1 amide bonds. The van der Waals surface area contributed by atoms with E-state index in [1.807, 2.05) is 25.2 Å². The van der Waals surface area contributed by atoms with Crippen molar-refractivity contribution in [1.29, 1.82) is 0 Å². The number of amides is 1. The smallest absolute Gasteiger partial charge is 0.230 e.